The number of amides is 1. The molecule has 0 bridgehead atoms. The first-order chi connectivity index (χ1) is 12.8. The van der Waals surface area contributed by atoms with Gasteiger partial charge in [-0.2, -0.15) is 0 Å². The lowest BCUT2D eigenvalue weighted by Gasteiger charge is -2.04. The summed E-state index contributed by atoms with van der Waals surface area (Å²) < 4.78 is 5.49. The molecule has 0 aliphatic heterocycles. The normalized spacial score (nSPS) is 10.4. The van der Waals surface area contributed by atoms with E-state index in [1.807, 2.05) is 0 Å². The number of aromatic carboxylic acids is 1. The van der Waals surface area contributed by atoms with Gasteiger partial charge in [0, 0.05) is 23.4 Å². The van der Waals surface area contributed by atoms with Crippen LogP contribution in [0.15, 0.2) is 59.0 Å². The van der Waals surface area contributed by atoms with Crippen LogP contribution in [-0.4, -0.2) is 21.9 Å². The highest BCUT2D eigenvalue weighted by Crippen LogP contribution is 2.32. The molecule has 136 valence electrons. The second kappa shape index (κ2) is 7.30. The Labute approximate surface area is 157 Å². The summed E-state index contributed by atoms with van der Waals surface area (Å²) in [5.74, 6) is -1.33. The van der Waals surface area contributed by atoms with Crippen molar-refractivity contribution >= 4 is 34.9 Å². The molecule has 3 rings (SSSR count). The summed E-state index contributed by atoms with van der Waals surface area (Å²) in [4.78, 5) is 33.3. The zero-order chi connectivity index (χ0) is 19.6. The molecule has 1 aromatic heterocycles. The molecular formula is C18H11ClN2O6. The Morgan fingerprint density at radius 2 is 1.78 bits per heavy atom. The van der Waals surface area contributed by atoms with E-state index in [4.69, 9.17) is 21.1 Å². The third kappa shape index (κ3) is 3.96. The summed E-state index contributed by atoms with van der Waals surface area (Å²) in [5, 5.41) is 22.3. The van der Waals surface area contributed by atoms with E-state index in [9.17, 15) is 19.7 Å². The largest absolute Gasteiger partial charge is 0.478 e. The smallest absolute Gasteiger partial charge is 0.335 e. The Bertz CT molecular complexity index is 1040. The first-order valence-electron chi connectivity index (χ1n) is 7.54. The lowest BCUT2D eigenvalue weighted by atomic mass is 10.1. The number of nitro benzene ring substituents is 1. The molecule has 0 aliphatic carbocycles. The fourth-order valence-corrected chi connectivity index (χ4v) is 2.58. The van der Waals surface area contributed by atoms with Crippen molar-refractivity contribution in [3.63, 3.8) is 0 Å². The average Bonchev–Trinajstić information content (AvgIpc) is 3.12. The highest BCUT2D eigenvalue weighted by Gasteiger charge is 2.16. The highest BCUT2D eigenvalue weighted by atomic mass is 35.5. The van der Waals surface area contributed by atoms with Gasteiger partial charge >= 0.3 is 5.97 Å². The zero-order valence-corrected chi connectivity index (χ0v) is 14.3. The predicted octanol–water partition coefficient (Wildman–Crippen LogP) is 4.46. The van der Waals surface area contributed by atoms with Gasteiger partial charge in [-0.25, -0.2) is 4.79 Å². The van der Waals surface area contributed by atoms with Crippen molar-refractivity contribution < 1.29 is 24.0 Å². The van der Waals surface area contributed by atoms with Crippen LogP contribution in [0.25, 0.3) is 11.3 Å². The van der Waals surface area contributed by atoms with Crippen molar-refractivity contribution in [3.8, 4) is 11.3 Å². The van der Waals surface area contributed by atoms with Gasteiger partial charge < -0.3 is 14.8 Å². The fourth-order valence-electron chi connectivity index (χ4n) is 2.31. The third-order valence-electron chi connectivity index (χ3n) is 3.65. The minimum absolute atomic E-state index is 0.00160. The molecule has 2 aromatic carbocycles. The maximum Gasteiger partial charge on any atom is 0.335 e. The van der Waals surface area contributed by atoms with E-state index in [2.05, 4.69) is 5.32 Å². The Morgan fingerprint density at radius 1 is 1.07 bits per heavy atom. The van der Waals surface area contributed by atoms with E-state index in [1.54, 1.807) is 0 Å². The van der Waals surface area contributed by atoms with Gasteiger partial charge in [-0.3, -0.25) is 14.9 Å². The Hall–Kier alpha value is -3.65. The molecule has 27 heavy (non-hydrogen) atoms. The van der Waals surface area contributed by atoms with Gasteiger partial charge in [0.25, 0.3) is 11.6 Å². The van der Waals surface area contributed by atoms with Crippen LogP contribution in [-0.2, 0) is 0 Å². The number of hydrogen-bond donors (Lipinski definition) is 2. The van der Waals surface area contributed by atoms with Gasteiger partial charge in [0.2, 0.25) is 0 Å². The minimum atomic E-state index is -1.07. The summed E-state index contributed by atoms with van der Waals surface area (Å²) in [5.41, 5.74) is 0.752. The first kappa shape index (κ1) is 18.2. The van der Waals surface area contributed by atoms with Crippen LogP contribution < -0.4 is 5.32 Å². The molecule has 0 spiro atoms. The number of non-ortho nitro benzene ring substituents is 1. The second-order valence-electron chi connectivity index (χ2n) is 5.42. The van der Waals surface area contributed by atoms with Crippen LogP contribution in [0.3, 0.4) is 0 Å². The van der Waals surface area contributed by atoms with Gasteiger partial charge in [0.05, 0.1) is 15.5 Å². The third-order valence-corrected chi connectivity index (χ3v) is 3.96. The maximum atomic E-state index is 12.3. The van der Waals surface area contributed by atoms with Gasteiger partial charge in [0.15, 0.2) is 5.76 Å². The topological polar surface area (TPSA) is 123 Å². The molecule has 1 heterocycles. The number of nitro groups is 1. The summed E-state index contributed by atoms with van der Waals surface area (Å²) in [7, 11) is 0. The van der Waals surface area contributed by atoms with E-state index < -0.39 is 16.8 Å². The molecule has 0 saturated carbocycles. The summed E-state index contributed by atoms with van der Waals surface area (Å²) in [6.45, 7) is 0. The standard InChI is InChI=1S/C18H11ClN2O6/c19-14-9-12(21(25)26)5-6-13(14)15-7-8-16(27-15)17(22)20-11-3-1-10(2-4-11)18(23)24/h1-9H,(H,20,22)(H,23,24). The van der Waals surface area contributed by atoms with Crippen molar-refractivity contribution in [2.45, 2.75) is 0 Å². The number of hydrogen-bond acceptors (Lipinski definition) is 5. The van der Waals surface area contributed by atoms with Crippen molar-refractivity contribution in [1.29, 1.82) is 0 Å². The summed E-state index contributed by atoms with van der Waals surface area (Å²) in [6, 6.07) is 12.5. The maximum absolute atomic E-state index is 12.3. The number of anilines is 1. The van der Waals surface area contributed by atoms with Crippen LogP contribution in [0.5, 0.6) is 0 Å². The number of carbonyl (C=O) groups is 2. The quantitative estimate of drug-likeness (QED) is 0.493. The summed E-state index contributed by atoms with van der Waals surface area (Å²) in [6.07, 6.45) is 0. The monoisotopic (exact) mass is 386 g/mol. The van der Waals surface area contributed by atoms with Crippen molar-refractivity contribution in [2.75, 3.05) is 5.32 Å². The predicted molar refractivity (Wildman–Crippen MR) is 97.2 cm³/mol. The number of furan rings is 1. The number of nitrogens with zero attached hydrogens (tertiary/aromatic N) is 1. The SMILES string of the molecule is O=C(O)c1ccc(NC(=O)c2ccc(-c3ccc([N+](=O)[O-])cc3Cl)o2)cc1. The average molecular weight is 387 g/mol. The molecule has 0 atom stereocenters. The Kier molecular flexibility index (Phi) is 4.91. The van der Waals surface area contributed by atoms with Crippen LogP contribution in [0.4, 0.5) is 11.4 Å². The van der Waals surface area contributed by atoms with Crippen LogP contribution in [0.2, 0.25) is 5.02 Å². The number of carbonyl (C=O) groups excluding carboxylic acids is 1. The zero-order valence-electron chi connectivity index (χ0n) is 13.5. The molecule has 1 amide bonds. The molecule has 0 aliphatic rings. The Morgan fingerprint density at radius 3 is 2.37 bits per heavy atom. The first-order valence-corrected chi connectivity index (χ1v) is 7.92. The van der Waals surface area contributed by atoms with Gasteiger partial charge in [0.1, 0.15) is 5.76 Å². The molecular weight excluding hydrogens is 376 g/mol. The lowest BCUT2D eigenvalue weighted by molar-refractivity contribution is -0.384. The fraction of sp³-hybridized carbons (Fsp3) is 0. The number of carboxylic acid groups (broad SMARTS) is 1. The van der Waals surface area contributed by atoms with Crippen LogP contribution in [0.1, 0.15) is 20.9 Å². The molecule has 8 nitrogen and oxygen atoms in total. The number of rotatable bonds is 5. The lowest BCUT2D eigenvalue weighted by Crippen LogP contribution is -2.11. The second-order valence-corrected chi connectivity index (χ2v) is 5.83. The van der Waals surface area contributed by atoms with Crippen molar-refractivity contribution in [2.24, 2.45) is 0 Å². The van der Waals surface area contributed by atoms with Crippen LogP contribution >= 0.6 is 11.6 Å². The molecule has 3 aromatic rings. The number of benzene rings is 2. The Balaban J connectivity index is 1.78. The number of nitrogens with one attached hydrogen (secondary N) is 1. The number of halogens is 1. The summed E-state index contributed by atoms with van der Waals surface area (Å²) >= 11 is 6.05. The van der Waals surface area contributed by atoms with Gasteiger partial charge in [-0.05, 0) is 42.5 Å². The van der Waals surface area contributed by atoms with Gasteiger partial charge in [-0.1, -0.05) is 11.6 Å². The van der Waals surface area contributed by atoms with E-state index in [1.165, 1.54) is 54.6 Å². The number of carboxylic acids is 1. The molecule has 0 unspecified atom stereocenters. The van der Waals surface area contributed by atoms with E-state index in [-0.39, 0.29) is 27.8 Å². The molecule has 0 radical (unpaired) electrons. The van der Waals surface area contributed by atoms with Crippen LogP contribution in [0, 0.1) is 10.1 Å². The van der Waals surface area contributed by atoms with Crippen molar-refractivity contribution in [3.05, 3.63) is 81.1 Å². The van der Waals surface area contributed by atoms with E-state index >= 15 is 0 Å². The van der Waals surface area contributed by atoms with Crippen molar-refractivity contribution in [1.82, 2.24) is 0 Å². The van der Waals surface area contributed by atoms with E-state index in [0.29, 0.717) is 11.3 Å². The molecule has 0 fully saturated rings. The molecule has 0 saturated heterocycles. The highest BCUT2D eigenvalue weighted by molar-refractivity contribution is 6.33. The minimum Gasteiger partial charge on any atom is -0.478 e. The van der Waals surface area contributed by atoms with Gasteiger partial charge in [-0.15, -0.1) is 0 Å². The van der Waals surface area contributed by atoms with E-state index in [0.717, 1.165) is 0 Å². The molecule has 9 heteroatoms. The molecule has 2 N–H and O–H groups in total.